The normalized spacial score (nSPS) is 18.9. The number of likely N-dealkylation sites (N-methyl/N-ethyl adjacent to an activating group) is 1. The maximum atomic E-state index is 12.3. The third kappa shape index (κ3) is 3.39. The van der Waals surface area contributed by atoms with Gasteiger partial charge >= 0.3 is 0 Å². The average Bonchev–Trinajstić information content (AvgIpc) is 3.01. The Morgan fingerprint density at radius 1 is 1.40 bits per heavy atom. The van der Waals surface area contributed by atoms with Crippen LogP contribution in [0.5, 0.6) is 0 Å². The molecular weight excluding hydrogens is 258 g/mol. The van der Waals surface area contributed by atoms with Gasteiger partial charge in [-0.2, -0.15) is 0 Å². The van der Waals surface area contributed by atoms with E-state index >= 15 is 0 Å². The van der Waals surface area contributed by atoms with Gasteiger partial charge in [0, 0.05) is 19.6 Å². The smallest absolute Gasteiger partial charge is 0.290 e. The second kappa shape index (κ2) is 7.09. The molecule has 0 saturated carbocycles. The van der Waals surface area contributed by atoms with Crippen molar-refractivity contribution < 1.29 is 14.0 Å². The summed E-state index contributed by atoms with van der Waals surface area (Å²) in [4.78, 5) is 26.2. The molecule has 0 spiro atoms. The standard InChI is InChI=1S/C14H21N3O3/c1-15-7-8-16-13(18)11-5-2-3-9-17(11)14(19)12-6-4-10-20-12/h4,6,10-11,15H,2-3,5,7-9H2,1H3,(H,16,18). The second-order valence-corrected chi connectivity index (χ2v) is 4.88. The maximum absolute atomic E-state index is 12.3. The van der Waals surface area contributed by atoms with Gasteiger partial charge in [-0.15, -0.1) is 0 Å². The maximum Gasteiger partial charge on any atom is 0.290 e. The molecule has 0 aromatic carbocycles. The van der Waals surface area contributed by atoms with Gasteiger partial charge in [-0.3, -0.25) is 9.59 Å². The predicted octanol–water partition coefficient (Wildman–Crippen LogP) is 0.610. The van der Waals surface area contributed by atoms with Crippen molar-refractivity contribution in [1.29, 1.82) is 0 Å². The first kappa shape index (κ1) is 14.6. The number of amides is 2. The largest absolute Gasteiger partial charge is 0.459 e. The van der Waals surface area contributed by atoms with Gasteiger partial charge in [0.05, 0.1) is 6.26 Å². The third-order valence-corrected chi connectivity index (χ3v) is 3.47. The fraction of sp³-hybridized carbons (Fsp3) is 0.571. The molecule has 6 heteroatoms. The quantitative estimate of drug-likeness (QED) is 0.774. The molecule has 1 aliphatic rings. The molecule has 1 fully saturated rings. The van der Waals surface area contributed by atoms with Crippen LogP contribution in [0.3, 0.4) is 0 Å². The Labute approximate surface area is 118 Å². The van der Waals surface area contributed by atoms with Crippen molar-refractivity contribution >= 4 is 11.8 Å². The van der Waals surface area contributed by atoms with Gasteiger partial charge in [-0.25, -0.2) is 0 Å². The lowest BCUT2D eigenvalue weighted by Gasteiger charge is -2.34. The monoisotopic (exact) mass is 279 g/mol. The van der Waals surface area contributed by atoms with E-state index in [-0.39, 0.29) is 11.8 Å². The highest BCUT2D eigenvalue weighted by Crippen LogP contribution is 2.20. The molecule has 2 amide bonds. The number of carbonyl (C=O) groups excluding carboxylic acids is 2. The van der Waals surface area contributed by atoms with Gasteiger partial charge in [-0.1, -0.05) is 0 Å². The Bertz CT molecular complexity index is 445. The molecule has 0 radical (unpaired) electrons. The Balaban J connectivity index is 2.01. The number of likely N-dealkylation sites (tertiary alicyclic amines) is 1. The molecule has 1 aliphatic heterocycles. The van der Waals surface area contributed by atoms with Crippen LogP contribution in [0.4, 0.5) is 0 Å². The highest BCUT2D eigenvalue weighted by atomic mass is 16.3. The van der Waals surface area contributed by atoms with Gasteiger partial charge in [0.25, 0.3) is 5.91 Å². The Morgan fingerprint density at radius 3 is 2.95 bits per heavy atom. The van der Waals surface area contributed by atoms with Crippen molar-refractivity contribution in [2.75, 3.05) is 26.7 Å². The van der Waals surface area contributed by atoms with E-state index < -0.39 is 6.04 Å². The number of piperidine rings is 1. The van der Waals surface area contributed by atoms with E-state index in [9.17, 15) is 9.59 Å². The third-order valence-electron chi connectivity index (χ3n) is 3.47. The van der Waals surface area contributed by atoms with Gasteiger partial charge < -0.3 is 20.0 Å². The highest BCUT2D eigenvalue weighted by Gasteiger charge is 2.33. The summed E-state index contributed by atoms with van der Waals surface area (Å²) in [6.45, 7) is 1.88. The molecule has 6 nitrogen and oxygen atoms in total. The van der Waals surface area contributed by atoms with Crippen LogP contribution in [-0.4, -0.2) is 49.4 Å². The van der Waals surface area contributed by atoms with E-state index in [0.717, 1.165) is 12.8 Å². The van der Waals surface area contributed by atoms with Crippen LogP contribution in [0.25, 0.3) is 0 Å². The Morgan fingerprint density at radius 2 is 2.25 bits per heavy atom. The van der Waals surface area contributed by atoms with Crippen molar-refractivity contribution in [2.24, 2.45) is 0 Å². The summed E-state index contributed by atoms with van der Waals surface area (Å²) in [5.41, 5.74) is 0. The van der Waals surface area contributed by atoms with Crippen molar-refractivity contribution in [3.63, 3.8) is 0 Å². The number of nitrogens with zero attached hydrogens (tertiary/aromatic N) is 1. The minimum absolute atomic E-state index is 0.0835. The number of furan rings is 1. The van der Waals surface area contributed by atoms with Gasteiger partial charge in [0.1, 0.15) is 6.04 Å². The molecule has 0 bridgehead atoms. The summed E-state index contributed by atoms with van der Waals surface area (Å²) in [5.74, 6) is 0.00301. The van der Waals surface area contributed by atoms with Crippen molar-refractivity contribution in [3.8, 4) is 0 Å². The highest BCUT2D eigenvalue weighted by molar-refractivity contribution is 5.95. The molecule has 0 aliphatic carbocycles. The Hall–Kier alpha value is -1.82. The molecule has 2 rings (SSSR count). The van der Waals surface area contributed by atoms with E-state index in [0.29, 0.717) is 31.8 Å². The summed E-state index contributed by atoms with van der Waals surface area (Å²) in [6, 6.07) is 2.92. The van der Waals surface area contributed by atoms with Gasteiger partial charge in [0.15, 0.2) is 5.76 Å². The van der Waals surface area contributed by atoms with Crippen molar-refractivity contribution in [1.82, 2.24) is 15.5 Å². The summed E-state index contributed by atoms with van der Waals surface area (Å²) < 4.78 is 5.14. The number of hydrogen-bond donors (Lipinski definition) is 2. The summed E-state index contributed by atoms with van der Waals surface area (Å²) in [7, 11) is 1.83. The molecular formula is C14H21N3O3. The van der Waals surface area contributed by atoms with E-state index in [1.807, 2.05) is 7.05 Å². The first-order valence-corrected chi connectivity index (χ1v) is 7.01. The zero-order valence-corrected chi connectivity index (χ0v) is 11.7. The summed E-state index contributed by atoms with van der Waals surface area (Å²) in [6.07, 6.45) is 4.07. The average molecular weight is 279 g/mol. The van der Waals surface area contributed by atoms with Crippen LogP contribution in [0, 0.1) is 0 Å². The van der Waals surface area contributed by atoms with Gasteiger partial charge in [-0.05, 0) is 38.4 Å². The molecule has 110 valence electrons. The number of rotatable bonds is 5. The van der Waals surface area contributed by atoms with Crippen LogP contribution < -0.4 is 10.6 Å². The topological polar surface area (TPSA) is 74.6 Å². The first-order valence-electron chi connectivity index (χ1n) is 7.01. The van der Waals surface area contributed by atoms with Gasteiger partial charge in [0.2, 0.25) is 5.91 Å². The predicted molar refractivity (Wildman–Crippen MR) is 74.3 cm³/mol. The number of hydrogen-bond acceptors (Lipinski definition) is 4. The van der Waals surface area contributed by atoms with Crippen LogP contribution >= 0.6 is 0 Å². The summed E-state index contributed by atoms with van der Waals surface area (Å²) in [5, 5.41) is 5.83. The molecule has 2 N–H and O–H groups in total. The van der Waals surface area contributed by atoms with E-state index in [1.54, 1.807) is 17.0 Å². The first-order chi connectivity index (χ1) is 9.74. The molecule has 2 heterocycles. The minimum Gasteiger partial charge on any atom is -0.459 e. The van der Waals surface area contributed by atoms with Crippen LogP contribution in [0.2, 0.25) is 0 Å². The van der Waals surface area contributed by atoms with E-state index in [4.69, 9.17) is 4.42 Å². The van der Waals surface area contributed by atoms with Crippen LogP contribution in [0.15, 0.2) is 22.8 Å². The van der Waals surface area contributed by atoms with Crippen LogP contribution in [-0.2, 0) is 4.79 Å². The Kier molecular flexibility index (Phi) is 5.17. The molecule has 1 saturated heterocycles. The van der Waals surface area contributed by atoms with Crippen molar-refractivity contribution in [2.45, 2.75) is 25.3 Å². The van der Waals surface area contributed by atoms with E-state index in [1.165, 1.54) is 6.26 Å². The molecule has 1 aromatic rings. The summed E-state index contributed by atoms with van der Waals surface area (Å²) >= 11 is 0. The fourth-order valence-corrected chi connectivity index (χ4v) is 2.42. The fourth-order valence-electron chi connectivity index (χ4n) is 2.42. The lowest BCUT2D eigenvalue weighted by Crippen LogP contribution is -2.52. The number of carbonyl (C=O) groups is 2. The zero-order valence-electron chi connectivity index (χ0n) is 11.7. The van der Waals surface area contributed by atoms with Crippen molar-refractivity contribution in [3.05, 3.63) is 24.2 Å². The minimum atomic E-state index is -0.391. The second-order valence-electron chi connectivity index (χ2n) is 4.88. The zero-order chi connectivity index (χ0) is 14.4. The molecule has 1 atom stereocenters. The van der Waals surface area contributed by atoms with Crippen LogP contribution in [0.1, 0.15) is 29.8 Å². The lowest BCUT2D eigenvalue weighted by atomic mass is 10.0. The number of nitrogens with one attached hydrogen (secondary N) is 2. The molecule has 1 unspecified atom stereocenters. The molecule has 1 aromatic heterocycles. The lowest BCUT2D eigenvalue weighted by molar-refractivity contribution is -0.126. The van der Waals surface area contributed by atoms with E-state index in [2.05, 4.69) is 10.6 Å². The SMILES string of the molecule is CNCCNC(=O)C1CCCCN1C(=O)c1ccco1. The molecule has 20 heavy (non-hydrogen) atoms.